The Morgan fingerprint density at radius 1 is 1.33 bits per heavy atom. The van der Waals surface area contributed by atoms with E-state index in [1.807, 2.05) is 13.8 Å². The molecule has 0 bridgehead atoms. The number of nitrogens with zero attached hydrogens (tertiary/aromatic N) is 2. The maximum atomic E-state index is 12.5. The first-order valence-electron chi connectivity index (χ1n) is 11.0. The zero-order valence-electron chi connectivity index (χ0n) is 19.0. The van der Waals surface area contributed by atoms with Crippen LogP contribution < -0.4 is 11.2 Å². The zero-order valence-corrected chi connectivity index (χ0v) is 19.0. The fraction of sp³-hybridized carbons (Fsp3) is 0.667. The Morgan fingerprint density at radius 2 is 2.09 bits per heavy atom. The molecule has 1 fully saturated rings. The molecule has 0 aromatic carbocycles. The summed E-state index contributed by atoms with van der Waals surface area (Å²) in [5, 5.41) is 9.00. The van der Waals surface area contributed by atoms with Crippen LogP contribution in [0.3, 0.4) is 0 Å². The second-order valence-corrected chi connectivity index (χ2v) is 7.76. The summed E-state index contributed by atoms with van der Waals surface area (Å²) in [4.78, 5) is 55.8. The molecule has 12 nitrogen and oxygen atoms in total. The first-order valence-corrected chi connectivity index (χ1v) is 11.0. The average Bonchev–Trinajstić information content (AvgIpc) is 3.17. The minimum atomic E-state index is -1.51. The van der Waals surface area contributed by atoms with Crippen molar-refractivity contribution in [2.75, 3.05) is 12.1 Å². The monoisotopic (exact) mass is 469 g/mol. The van der Waals surface area contributed by atoms with Crippen LogP contribution in [0.15, 0.2) is 17.1 Å². The highest BCUT2D eigenvalue weighted by atomic mass is 16.7. The van der Waals surface area contributed by atoms with Crippen molar-refractivity contribution in [1.29, 1.82) is 0 Å². The number of carbonyl (C=O) groups excluding carboxylic acids is 2. The van der Waals surface area contributed by atoms with Crippen LogP contribution in [-0.4, -0.2) is 51.6 Å². The maximum Gasteiger partial charge on any atom is 0.506 e. The third kappa shape index (κ3) is 8.04. The summed E-state index contributed by atoms with van der Waals surface area (Å²) in [6.45, 7) is 5.37. The van der Waals surface area contributed by atoms with Gasteiger partial charge in [0.05, 0.1) is 5.92 Å². The van der Waals surface area contributed by atoms with E-state index in [1.54, 1.807) is 6.92 Å². The minimum absolute atomic E-state index is 0.0264. The number of ether oxygens (including phenoxy) is 3. The largest absolute Gasteiger partial charge is 0.506 e. The van der Waals surface area contributed by atoms with Crippen LogP contribution in [0.1, 0.15) is 65.5 Å². The van der Waals surface area contributed by atoms with E-state index in [2.05, 4.69) is 10.5 Å². The van der Waals surface area contributed by atoms with E-state index < -0.39 is 42.2 Å². The van der Waals surface area contributed by atoms with Crippen molar-refractivity contribution in [3.8, 4) is 0 Å². The fourth-order valence-electron chi connectivity index (χ4n) is 3.12. The molecule has 0 spiro atoms. The Hall–Kier alpha value is -3.15. The van der Waals surface area contributed by atoms with E-state index in [0.29, 0.717) is 12.8 Å². The molecular weight excluding hydrogens is 438 g/mol. The molecule has 1 aromatic rings. The van der Waals surface area contributed by atoms with Gasteiger partial charge >= 0.3 is 23.8 Å². The Kier molecular flexibility index (Phi) is 10.1. The second-order valence-electron chi connectivity index (χ2n) is 7.76. The van der Waals surface area contributed by atoms with E-state index in [1.165, 1.54) is 12.3 Å². The zero-order chi connectivity index (χ0) is 24.4. The lowest BCUT2D eigenvalue weighted by molar-refractivity contribution is -0.154. The van der Waals surface area contributed by atoms with Gasteiger partial charge in [-0.05, 0) is 12.8 Å². The summed E-state index contributed by atoms with van der Waals surface area (Å²) in [6, 6.07) is 1.41. The molecule has 0 amide bonds. The Labute approximate surface area is 191 Å². The van der Waals surface area contributed by atoms with Gasteiger partial charge in [0.1, 0.15) is 25.0 Å². The van der Waals surface area contributed by atoms with Gasteiger partial charge in [-0.2, -0.15) is 4.98 Å². The third-order valence-electron chi connectivity index (χ3n) is 5.23. The SMILES string of the molecule is CCCCCC(=O)ONc1ccn([C@H]2C[C@H](OC(=O)O)[C@@H](COC(=O)[C@@H](C)CC)O2)c(=O)n1. The van der Waals surface area contributed by atoms with Crippen LogP contribution in [0.25, 0.3) is 0 Å². The van der Waals surface area contributed by atoms with Crippen molar-refractivity contribution < 1.29 is 38.5 Å². The first-order chi connectivity index (χ1) is 15.7. The Balaban J connectivity index is 2.00. The van der Waals surface area contributed by atoms with Gasteiger partial charge in [0.15, 0.2) is 5.82 Å². The summed E-state index contributed by atoms with van der Waals surface area (Å²) in [6.07, 6.45) is 0.632. The van der Waals surface area contributed by atoms with Gasteiger partial charge in [0.2, 0.25) is 0 Å². The van der Waals surface area contributed by atoms with E-state index in [4.69, 9.17) is 24.2 Å². The molecule has 2 rings (SSSR count). The summed E-state index contributed by atoms with van der Waals surface area (Å²) in [5.74, 6) is -1.17. The maximum absolute atomic E-state index is 12.5. The molecule has 0 saturated carbocycles. The number of rotatable bonds is 12. The number of esters is 1. The van der Waals surface area contributed by atoms with E-state index >= 15 is 0 Å². The minimum Gasteiger partial charge on any atom is -0.463 e. The number of nitrogens with one attached hydrogen (secondary N) is 1. The normalized spacial score (nSPS) is 20.6. The molecule has 4 atom stereocenters. The highest BCUT2D eigenvalue weighted by Gasteiger charge is 2.40. The average molecular weight is 469 g/mol. The van der Waals surface area contributed by atoms with Crippen LogP contribution in [0, 0.1) is 5.92 Å². The molecule has 2 N–H and O–H groups in total. The van der Waals surface area contributed by atoms with Crippen molar-refractivity contribution in [3.05, 3.63) is 22.7 Å². The second kappa shape index (κ2) is 12.8. The molecule has 1 aromatic heterocycles. The summed E-state index contributed by atoms with van der Waals surface area (Å²) < 4.78 is 17.0. The molecule has 1 aliphatic heterocycles. The van der Waals surface area contributed by atoms with Crippen LogP contribution in [0.2, 0.25) is 0 Å². The highest BCUT2D eigenvalue weighted by molar-refractivity contribution is 5.72. The number of carboxylic acid groups (broad SMARTS) is 1. The van der Waals surface area contributed by atoms with Crippen LogP contribution in [0.4, 0.5) is 10.6 Å². The number of carbonyl (C=O) groups is 3. The van der Waals surface area contributed by atoms with E-state index in [9.17, 15) is 19.2 Å². The number of anilines is 1. The molecule has 1 aliphatic rings. The number of aromatic nitrogens is 2. The number of hydrogen-bond acceptors (Lipinski definition) is 10. The summed E-state index contributed by atoms with van der Waals surface area (Å²) >= 11 is 0. The molecule has 0 radical (unpaired) electrons. The van der Waals surface area contributed by atoms with Gasteiger partial charge in [0.25, 0.3) is 0 Å². The van der Waals surface area contributed by atoms with Gasteiger partial charge in [0, 0.05) is 25.1 Å². The van der Waals surface area contributed by atoms with Crippen molar-refractivity contribution in [2.24, 2.45) is 5.92 Å². The standard InChI is InChI=1S/C21H31N3O9/c1-4-6-7-8-18(25)33-23-16-9-10-24(20(27)22-16)17-11-14(32-21(28)29)15(31-17)12-30-19(26)13(3)5-2/h9-10,13-15,17H,4-8,11-12H2,1-3H3,(H,28,29)(H,22,23,27)/t13-,14-,15+,17+/m0/s1. The summed E-state index contributed by atoms with van der Waals surface area (Å²) in [7, 11) is 0. The van der Waals surface area contributed by atoms with Crippen LogP contribution in [0.5, 0.6) is 0 Å². The van der Waals surface area contributed by atoms with Crippen LogP contribution in [-0.2, 0) is 28.6 Å². The quantitative estimate of drug-likeness (QED) is 0.201. The first kappa shape index (κ1) is 26.1. The third-order valence-corrected chi connectivity index (χ3v) is 5.23. The molecule has 184 valence electrons. The lowest BCUT2D eigenvalue weighted by Gasteiger charge is -2.18. The predicted octanol–water partition coefficient (Wildman–Crippen LogP) is 2.63. The molecule has 12 heteroatoms. The number of hydrogen-bond donors (Lipinski definition) is 2. The topological polar surface area (TPSA) is 155 Å². The van der Waals surface area contributed by atoms with Gasteiger partial charge in [-0.3, -0.25) is 9.36 Å². The lowest BCUT2D eigenvalue weighted by Crippen LogP contribution is -2.32. The molecule has 0 aliphatic carbocycles. The van der Waals surface area contributed by atoms with E-state index in [-0.39, 0.29) is 31.2 Å². The lowest BCUT2D eigenvalue weighted by atomic mass is 10.1. The smallest absolute Gasteiger partial charge is 0.463 e. The number of unbranched alkanes of at least 4 members (excludes halogenated alkanes) is 2. The fourth-order valence-corrected chi connectivity index (χ4v) is 3.12. The van der Waals surface area contributed by atoms with Crippen molar-refractivity contribution in [2.45, 2.75) is 77.7 Å². The van der Waals surface area contributed by atoms with Crippen molar-refractivity contribution in [3.63, 3.8) is 0 Å². The Bertz CT molecular complexity index is 873. The van der Waals surface area contributed by atoms with Crippen molar-refractivity contribution in [1.82, 2.24) is 9.55 Å². The van der Waals surface area contributed by atoms with E-state index in [0.717, 1.165) is 17.4 Å². The highest BCUT2D eigenvalue weighted by Crippen LogP contribution is 2.30. The van der Waals surface area contributed by atoms with Crippen LogP contribution >= 0.6 is 0 Å². The Morgan fingerprint density at radius 3 is 2.73 bits per heavy atom. The van der Waals surface area contributed by atoms with Gasteiger partial charge in [-0.25, -0.2) is 19.9 Å². The van der Waals surface area contributed by atoms with Gasteiger partial charge in [-0.15, -0.1) is 0 Å². The molecule has 1 saturated heterocycles. The molecule has 0 unspecified atom stereocenters. The van der Waals surface area contributed by atoms with Gasteiger partial charge < -0.3 is 24.2 Å². The predicted molar refractivity (Wildman–Crippen MR) is 114 cm³/mol. The molecule has 33 heavy (non-hydrogen) atoms. The van der Waals surface area contributed by atoms with Gasteiger partial charge in [-0.1, -0.05) is 33.6 Å². The molecular formula is C21H31N3O9. The summed E-state index contributed by atoms with van der Waals surface area (Å²) in [5.41, 5.74) is 1.64. The molecule has 2 heterocycles. The van der Waals surface area contributed by atoms with Crippen molar-refractivity contribution >= 4 is 23.9 Å².